The maximum Gasteiger partial charge on any atom is 0.230 e. The number of para-hydroxylation sites is 1. The first-order valence-corrected chi connectivity index (χ1v) is 10.6. The Hall–Kier alpha value is -2.64. The quantitative estimate of drug-likeness (QED) is 0.513. The summed E-state index contributed by atoms with van der Waals surface area (Å²) in [4.78, 5) is 31.3. The third-order valence-corrected chi connectivity index (χ3v) is 6.63. The minimum Gasteiger partial charge on any atom is -0.385 e. The van der Waals surface area contributed by atoms with Gasteiger partial charge in [0.2, 0.25) is 11.8 Å². The van der Waals surface area contributed by atoms with Crippen molar-refractivity contribution >= 4 is 22.7 Å². The van der Waals surface area contributed by atoms with Crippen molar-refractivity contribution in [3.05, 3.63) is 48.2 Å². The van der Waals surface area contributed by atoms with E-state index < -0.39 is 17.4 Å². The van der Waals surface area contributed by atoms with E-state index in [0.29, 0.717) is 26.2 Å². The van der Waals surface area contributed by atoms with Gasteiger partial charge in [0.1, 0.15) is 5.60 Å². The molecule has 2 amide bonds. The Kier molecular flexibility index (Phi) is 4.87. The molecular formula is C23H27N3O4. The smallest absolute Gasteiger partial charge is 0.230 e. The lowest BCUT2D eigenvalue weighted by Gasteiger charge is -2.23. The van der Waals surface area contributed by atoms with E-state index in [2.05, 4.69) is 22.4 Å². The summed E-state index contributed by atoms with van der Waals surface area (Å²) in [7, 11) is 1.64. The summed E-state index contributed by atoms with van der Waals surface area (Å²) < 4.78 is 11.2. The normalized spacial score (nSPS) is 29.2. The molecule has 5 rings (SSSR count). The van der Waals surface area contributed by atoms with Gasteiger partial charge in [0, 0.05) is 43.9 Å². The molecule has 4 atom stereocenters. The van der Waals surface area contributed by atoms with E-state index in [-0.39, 0.29) is 17.9 Å². The summed E-state index contributed by atoms with van der Waals surface area (Å²) in [6.07, 6.45) is 7.17. The van der Waals surface area contributed by atoms with E-state index in [1.807, 2.05) is 35.4 Å². The second kappa shape index (κ2) is 7.56. The Morgan fingerprint density at radius 1 is 1.40 bits per heavy atom. The Morgan fingerprint density at radius 2 is 2.27 bits per heavy atom. The van der Waals surface area contributed by atoms with Gasteiger partial charge in [0.05, 0.1) is 24.5 Å². The third-order valence-electron chi connectivity index (χ3n) is 6.63. The zero-order chi connectivity index (χ0) is 20.7. The van der Waals surface area contributed by atoms with Crippen molar-refractivity contribution in [2.24, 2.45) is 11.8 Å². The van der Waals surface area contributed by atoms with Gasteiger partial charge in [-0.1, -0.05) is 30.4 Å². The number of amides is 2. The Balaban J connectivity index is 1.27. The summed E-state index contributed by atoms with van der Waals surface area (Å²) in [5.41, 5.74) is 1.64. The van der Waals surface area contributed by atoms with Crippen molar-refractivity contribution < 1.29 is 19.1 Å². The zero-order valence-electron chi connectivity index (χ0n) is 17.1. The molecule has 1 spiro atoms. The lowest BCUT2D eigenvalue weighted by Crippen LogP contribution is -2.44. The molecule has 0 radical (unpaired) electrons. The van der Waals surface area contributed by atoms with Crippen molar-refractivity contribution in [1.29, 1.82) is 0 Å². The number of H-pyrrole nitrogens is 1. The second-order valence-corrected chi connectivity index (χ2v) is 8.41. The van der Waals surface area contributed by atoms with Crippen molar-refractivity contribution in [2.45, 2.75) is 24.5 Å². The second-order valence-electron chi connectivity index (χ2n) is 8.41. The average Bonchev–Trinajstić information content (AvgIpc) is 3.49. The van der Waals surface area contributed by atoms with Crippen LogP contribution in [0.2, 0.25) is 0 Å². The number of hydrogen-bond acceptors (Lipinski definition) is 4. The maximum absolute atomic E-state index is 13.3. The van der Waals surface area contributed by atoms with Crippen LogP contribution >= 0.6 is 0 Å². The van der Waals surface area contributed by atoms with E-state index >= 15 is 0 Å². The standard InChI is InChI=1S/C23H27N3O4/c1-29-12-4-10-24-21(27)19-18-7-9-23(30-18)14-26(22(28)20(19)23)11-8-15-13-25-17-6-3-2-5-16(15)17/h2-3,5-7,9,13,18-20,25H,4,8,10-12,14H2,1H3,(H,24,27). The predicted octanol–water partition coefficient (Wildman–Crippen LogP) is 1.65. The number of rotatable bonds is 8. The van der Waals surface area contributed by atoms with Gasteiger partial charge >= 0.3 is 0 Å². The molecule has 2 aromatic rings. The SMILES string of the molecule is COCCCNC(=O)C1C2C=CC3(CN(CCc4c[nH]c5ccccc45)C(=O)C13)O2. The van der Waals surface area contributed by atoms with E-state index in [1.165, 1.54) is 10.9 Å². The third kappa shape index (κ3) is 3.04. The van der Waals surface area contributed by atoms with Crippen molar-refractivity contribution in [3.8, 4) is 0 Å². The molecule has 1 aromatic heterocycles. The molecule has 30 heavy (non-hydrogen) atoms. The number of ether oxygens (including phenoxy) is 2. The van der Waals surface area contributed by atoms with Crippen LogP contribution < -0.4 is 5.32 Å². The fourth-order valence-electron chi connectivity index (χ4n) is 5.21. The van der Waals surface area contributed by atoms with Crippen LogP contribution in [-0.2, 0) is 25.5 Å². The van der Waals surface area contributed by atoms with Crippen LogP contribution in [0.25, 0.3) is 10.9 Å². The molecule has 4 heterocycles. The molecule has 2 saturated heterocycles. The number of carbonyl (C=O) groups excluding carboxylic acids is 2. The van der Waals surface area contributed by atoms with Gasteiger partial charge in [-0.2, -0.15) is 0 Å². The van der Waals surface area contributed by atoms with E-state index in [9.17, 15) is 9.59 Å². The number of hydrogen-bond donors (Lipinski definition) is 2. The molecular weight excluding hydrogens is 382 g/mol. The van der Waals surface area contributed by atoms with E-state index in [1.54, 1.807) is 7.11 Å². The maximum atomic E-state index is 13.3. The summed E-state index contributed by atoms with van der Waals surface area (Å²) in [6, 6.07) is 8.18. The fourth-order valence-corrected chi connectivity index (χ4v) is 5.21. The van der Waals surface area contributed by atoms with Crippen LogP contribution in [0.15, 0.2) is 42.6 Å². The summed E-state index contributed by atoms with van der Waals surface area (Å²) in [5.74, 6) is -0.959. The molecule has 0 saturated carbocycles. The lowest BCUT2D eigenvalue weighted by molar-refractivity contribution is -0.137. The number of benzene rings is 1. The number of methoxy groups -OCH3 is 1. The van der Waals surface area contributed by atoms with Crippen molar-refractivity contribution in [1.82, 2.24) is 15.2 Å². The van der Waals surface area contributed by atoms with Crippen LogP contribution in [0, 0.1) is 11.8 Å². The van der Waals surface area contributed by atoms with Gasteiger partial charge in [-0.15, -0.1) is 0 Å². The number of fused-ring (bicyclic) bond motifs is 2. The van der Waals surface area contributed by atoms with Crippen molar-refractivity contribution in [2.75, 3.05) is 33.4 Å². The lowest BCUT2D eigenvalue weighted by atomic mass is 9.77. The number of carbonyl (C=O) groups is 2. The minimum atomic E-state index is -0.656. The molecule has 2 N–H and O–H groups in total. The first kappa shape index (κ1) is 19.3. The molecule has 3 aliphatic rings. The van der Waals surface area contributed by atoms with Crippen LogP contribution in [0.5, 0.6) is 0 Å². The highest BCUT2D eigenvalue weighted by Gasteiger charge is 2.66. The van der Waals surface area contributed by atoms with Gasteiger partial charge in [0.15, 0.2) is 0 Å². The topological polar surface area (TPSA) is 83.7 Å². The molecule has 158 valence electrons. The molecule has 4 unspecified atom stereocenters. The van der Waals surface area contributed by atoms with Crippen molar-refractivity contribution in [3.63, 3.8) is 0 Å². The number of nitrogens with one attached hydrogen (secondary N) is 2. The van der Waals surface area contributed by atoms with Crippen LogP contribution in [0.3, 0.4) is 0 Å². The first-order chi connectivity index (χ1) is 14.6. The molecule has 0 aliphatic carbocycles. The van der Waals surface area contributed by atoms with Crippen LogP contribution in [0.1, 0.15) is 12.0 Å². The molecule has 2 fully saturated rings. The first-order valence-electron chi connectivity index (χ1n) is 10.6. The zero-order valence-corrected chi connectivity index (χ0v) is 17.1. The van der Waals surface area contributed by atoms with E-state index in [4.69, 9.17) is 9.47 Å². The molecule has 3 aliphatic heterocycles. The number of likely N-dealkylation sites (tertiary alicyclic amines) is 1. The van der Waals surface area contributed by atoms with Gasteiger partial charge < -0.3 is 24.7 Å². The van der Waals surface area contributed by atoms with Gasteiger partial charge in [-0.25, -0.2) is 0 Å². The number of aromatic nitrogens is 1. The molecule has 1 aromatic carbocycles. The molecule has 2 bridgehead atoms. The number of nitrogens with zero attached hydrogens (tertiary/aromatic N) is 1. The summed E-state index contributed by atoms with van der Waals surface area (Å²) >= 11 is 0. The Morgan fingerprint density at radius 3 is 3.13 bits per heavy atom. The van der Waals surface area contributed by atoms with E-state index in [0.717, 1.165) is 18.4 Å². The summed E-state index contributed by atoms with van der Waals surface area (Å²) in [6.45, 7) is 2.26. The highest BCUT2D eigenvalue weighted by Crippen LogP contribution is 2.51. The van der Waals surface area contributed by atoms with Crippen LogP contribution in [0.4, 0.5) is 0 Å². The van der Waals surface area contributed by atoms with Gasteiger partial charge in [0.25, 0.3) is 0 Å². The fraction of sp³-hybridized carbons (Fsp3) is 0.478. The monoisotopic (exact) mass is 409 g/mol. The number of aromatic amines is 1. The van der Waals surface area contributed by atoms with Gasteiger partial charge in [-0.3, -0.25) is 9.59 Å². The van der Waals surface area contributed by atoms with Crippen LogP contribution in [-0.4, -0.2) is 66.8 Å². The summed E-state index contributed by atoms with van der Waals surface area (Å²) in [5, 5.41) is 4.14. The Bertz CT molecular complexity index is 999. The highest BCUT2D eigenvalue weighted by molar-refractivity contribution is 5.93. The minimum absolute atomic E-state index is 0.0266. The average molecular weight is 409 g/mol. The largest absolute Gasteiger partial charge is 0.385 e. The Labute approximate surface area is 175 Å². The highest BCUT2D eigenvalue weighted by atomic mass is 16.5. The van der Waals surface area contributed by atoms with Gasteiger partial charge in [-0.05, 0) is 24.5 Å². The molecule has 7 nitrogen and oxygen atoms in total. The predicted molar refractivity (Wildman–Crippen MR) is 112 cm³/mol. The molecule has 7 heteroatoms.